The molecule has 33 heavy (non-hydrogen) atoms. The number of pyridine rings is 1. The van der Waals surface area contributed by atoms with Crippen molar-refractivity contribution in [3.63, 3.8) is 0 Å². The fraction of sp³-hybridized carbons (Fsp3) is 0.231. The minimum Gasteiger partial charge on any atom is -0.355 e. The molecule has 2 heterocycles. The first-order chi connectivity index (χ1) is 16.0. The molecule has 0 spiro atoms. The summed E-state index contributed by atoms with van der Waals surface area (Å²) in [7, 11) is 3.37. The van der Waals surface area contributed by atoms with E-state index in [-0.39, 0.29) is 11.8 Å². The Labute approximate surface area is 191 Å². The van der Waals surface area contributed by atoms with Crippen LogP contribution in [0.4, 0.5) is 0 Å². The lowest BCUT2D eigenvalue weighted by Gasteiger charge is -2.18. The Kier molecular flexibility index (Phi) is 5.38. The number of aromatic nitrogens is 2. The van der Waals surface area contributed by atoms with Crippen molar-refractivity contribution >= 4 is 22.9 Å². The molecular weight excluding hydrogens is 416 g/mol. The summed E-state index contributed by atoms with van der Waals surface area (Å²) in [5.41, 5.74) is 4.82. The number of nitrogens with one attached hydrogen (secondary N) is 1. The van der Waals surface area contributed by atoms with E-state index in [9.17, 15) is 9.59 Å². The third-order valence-electron chi connectivity index (χ3n) is 5.95. The molecule has 2 aromatic heterocycles. The van der Waals surface area contributed by atoms with Crippen LogP contribution in [0.3, 0.4) is 0 Å². The summed E-state index contributed by atoms with van der Waals surface area (Å²) >= 11 is 0. The number of nitrogens with zero attached hydrogens (tertiary/aromatic N) is 3. The Hall–Kier alpha value is -4.00. The van der Waals surface area contributed by atoms with Crippen LogP contribution in [0, 0.1) is 0 Å². The van der Waals surface area contributed by atoms with Crippen LogP contribution in [0.25, 0.3) is 22.4 Å². The molecule has 2 aromatic carbocycles. The molecule has 1 aliphatic rings. The molecule has 7 nitrogen and oxygen atoms in total. The third-order valence-corrected chi connectivity index (χ3v) is 5.95. The van der Waals surface area contributed by atoms with Gasteiger partial charge in [0.1, 0.15) is 5.69 Å². The molecule has 1 aliphatic carbocycles. The van der Waals surface area contributed by atoms with Crippen molar-refractivity contribution in [3.05, 3.63) is 83.0 Å². The normalized spacial score (nSPS) is 13.2. The quantitative estimate of drug-likeness (QED) is 0.480. The smallest absolute Gasteiger partial charge is 0.259 e. The van der Waals surface area contributed by atoms with Crippen LogP contribution >= 0.6 is 0 Å². The summed E-state index contributed by atoms with van der Waals surface area (Å²) in [5.74, 6) is 0.104. The summed E-state index contributed by atoms with van der Waals surface area (Å²) in [5, 5.41) is 7.51. The Balaban J connectivity index is 1.50. The minimum atomic E-state index is -0.140. The van der Waals surface area contributed by atoms with Crippen LogP contribution in [0.15, 0.2) is 65.2 Å². The van der Waals surface area contributed by atoms with E-state index in [4.69, 9.17) is 4.52 Å². The van der Waals surface area contributed by atoms with Crippen LogP contribution in [-0.4, -0.2) is 41.0 Å². The number of amides is 2. The second-order valence-electron chi connectivity index (χ2n) is 8.38. The molecule has 1 fully saturated rings. The van der Waals surface area contributed by atoms with Crippen molar-refractivity contribution in [2.45, 2.75) is 25.3 Å². The zero-order valence-electron chi connectivity index (χ0n) is 18.5. The number of hydrogen-bond donors (Lipinski definition) is 1. The average molecular weight is 441 g/mol. The Morgan fingerprint density at radius 3 is 2.48 bits per heavy atom. The second kappa shape index (κ2) is 8.50. The minimum absolute atomic E-state index is 0.125. The molecule has 0 unspecified atom stereocenters. The predicted octanol–water partition coefficient (Wildman–Crippen LogP) is 4.40. The highest BCUT2D eigenvalue weighted by Gasteiger charge is 2.30. The van der Waals surface area contributed by atoms with Gasteiger partial charge in [-0.25, -0.2) is 4.98 Å². The van der Waals surface area contributed by atoms with E-state index in [2.05, 4.69) is 15.5 Å². The molecule has 0 aliphatic heterocycles. The Bertz CT molecular complexity index is 1330. The molecule has 0 radical (unpaired) electrons. The van der Waals surface area contributed by atoms with Crippen molar-refractivity contribution in [2.24, 2.45) is 0 Å². The van der Waals surface area contributed by atoms with Gasteiger partial charge in [-0.2, -0.15) is 0 Å². The van der Waals surface area contributed by atoms with Crippen LogP contribution in [0.5, 0.6) is 0 Å². The number of hydrogen-bond acceptors (Lipinski definition) is 5. The molecule has 7 heteroatoms. The molecule has 2 amide bonds. The predicted molar refractivity (Wildman–Crippen MR) is 125 cm³/mol. The maximum atomic E-state index is 13.6. The summed E-state index contributed by atoms with van der Waals surface area (Å²) in [6, 6.07) is 18.8. The van der Waals surface area contributed by atoms with Gasteiger partial charge in [-0.15, -0.1) is 0 Å². The topological polar surface area (TPSA) is 88.3 Å². The van der Waals surface area contributed by atoms with E-state index in [0.717, 1.165) is 29.7 Å². The van der Waals surface area contributed by atoms with Gasteiger partial charge in [0.2, 0.25) is 0 Å². The van der Waals surface area contributed by atoms with Gasteiger partial charge < -0.3 is 14.7 Å². The summed E-state index contributed by atoms with van der Waals surface area (Å²) < 4.78 is 5.59. The SMILES string of the molecule is CNC(=O)c1ccc(CN(C)C(=O)c2cc(C3CC3)nc3onc(-c4ccccc4)c23)cc1. The largest absolute Gasteiger partial charge is 0.355 e. The summed E-state index contributed by atoms with van der Waals surface area (Å²) in [6.45, 7) is 0.404. The number of rotatable bonds is 6. The van der Waals surface area contributed by atoms with Gasteiger partial charge in [-0.05, 0) is 36.6 Å². The monoisotopic (exact) mass is 440 g/mol. The number of fused-ring (bicyclic) bond motifs is 1. The lowest BCUT2D eigenvalue weighted by atomic mass is 10.0. The van der Waals surface area contributed by atoms with Crippen molar-refractivity contribution in [1.82, 2.24) is 20.4 Å². The highest BCUT2D eigenvalue weighted by Crippen LogP contribution is 2.41. The van der Waals surface area contributed by atoms with E-state index in [1.807, 2.05) is 48.5 Å². The highest BCUT2D eigenvalue weighted by molar-refractivity contribution is 6.09. The van der Waals surface area contributed by atoms with E-state index < -0.39 is 0 Å². The maximum Gasteiger partial charge on any atom is 0.259 e. The van der Waals surface area contributed by atoms with Gasteiger partial charge in [0.05, 0.1) is 10.9 Å². The number of carbonyl (C=O) groups excluding carboxylic acids is 2. The fourth-order valence-corrected chi connectivity index (χ4v) is 3.98. The first-order valence-corrected chi connectivity index (χ1v) is 11.0. The average Bonchev–Trinajstić information content (AvgIpc) is 3.62. The Morgan fingerprint density at radius 2 is 1.82 bits per heavy atom. The number of benzene rings is 2. The van der Waals surface area contributed by atoms with Gasteiger partial charge >= 0.3 is 0 Å². The molecule has 0 atom stereocenters. The molecule has 0 saturated heterocycles. The van der Waals surface area contributed by atoms with Gasteiger partial charge in [0.15, 0.2) is 0 Å². The molecule has 1 saturated carbocycles. The van der Waals surface area contributed by atoms with E-state index in [1.54, 1.807) is 31.1 Å². The lowest BCUT2D eigenvalue weighted by molar-refractivity contribution is 0.0786. The van der Waals surface area contributed by atoms with Crippen molar-refractivity contribution in [1.29, 1.82) is 0 Å². The van der Waals surface area contributed by atoms with Crippen molar-refractivity contribution < 1.29 is 14.1 Å². The van der Waals surface area contributed by atoms with E-state index >= 15 is 0 Å². The molecule has 4 aromatic rings. The van der Waals surface area contributed by atoms with Gasteiger partial charge in [-0.3, -0.25) is 9.59 Å². The van der Waals surface area contributed by atoms with Crippen LogP contribution in [0.2, 0.25) is 0 Å². The van der Waals surface area contributed by atoms with E-state index in [0.29, 0.717) is 40.4 Å². The number of carbonyl (C=O) groups is 2. The molecular formula is C26H24N4O3. The van der Waals surface area contributed by atoms with Crippen LogP contribution in [-0.2, 0) is 6.54 Å². The summed E-state index contributed by atoms with van der Waals surface area (Å²) in [6.07, 6.45) is 2.14. The first-order valence-electron chi connectivity index (χ1n) is 11.0. The zero-order chi connectivity index (χ0) is 22.9. The lowest BCUT2D eigenvalue weighted by Crippen LogP contribution is -2.26. The highest BCUT2D eigenvalue weighted by atomic mass is 16.5. The van der Waals surface area contributed by atoms with Gasteiger partial charge in [0, 0.05) is 43.4 Å². The van der Waals surface area contributed by atoms with Crippen LogP contribution < -0.4 is 5.32 Å². The second-order valence-corrected chi connectivity index (χ2v) is 8.38. The molecule has 5 rings (SSSR count). The molecule has 166 valence electrons. The molecule has 1 N–H and O–H groups in total. The standard InChI is InChI=1S/C26H24N4O3/c1-27-24(31)19-10-8-16(9-11-19)15-30(2)26(32)20-14-21(17-12-13-17)28-25-22(20)23(29-33-25)18-6-4-3-5-7-18/h3-11,14,17H,12-13,15H2,1-2H3,(H,27,31). The maximum absolute atomic E-state index is 13.6. The zero-order valence-corrected chi connectivity index (χ0v) is 18.5. The Morgan fingerprint density at radius 1 is 1.09 bits per heavy atom. The molecule has 0 bridgehead atoms. The third kappa shape index (κ3) is 4.09. The summed E-state index contributed by atoms with van der Waals surface area (Å²) in [4.78, 5) is 31.7. The van der Waals surface area contributed by atoms with Crippen molar-refractivity contribution in [2.75, 3.05) is 14.1 Å². The van der Waals surface area contributed by atoms with Crippen molar-refractivity contribution in [3.8, 4) is 11.3 Å². The van der Waals surface area contributed by atoms with Gasteiger partial charge in [0.25, 0.3) is 17.5 Å². The van der Waals surface area contributed by atoms with Crippen LogP contribution in [0.1, 0.15) is 50.7 Å². The first kappa shape index (κ1) is 20.9. The van der Waals surface area contributed by atoms with Gasteiger partial charge in [-0.1, -0.05) is 47.6 Å². The fourth-order valence-electron chi connectivity index (χ4n) is 3.98. The van der Waals surface area contributed by atoms with E-state index in [1.165, 1.54) is 0 Å².